The molecule has 23 nitrogen and oxygen atoms in total. The van der Waals surface area contributed by atoms with Gasteiger partial charge in [0.25, 0.3) is 0 Å². The van der Waals surface area contributed by atoms with Crippen LogP contribution < -0.4 is 48.3 Å². The van der Waals surface area contributed by atoms with E-state index < -0.39 is 71.4 Å². The Labute approximate surface area is 423 Å². The van der Waals surface area contributed by atoms with E-state index >= 15 is 0 Å². The van der Waals surface area contributed by atoms with Gasteiger partial charge in [0.1, 0.15) is 30.8 Å². The Balaban J connectivity index is 1.000. The third-order valence-corrected chi connectivity index (χ3v) is 14.5. The number of likely N-dealkylation sites (tertiary alicyclic amines) is 1. The summed E-state index contributed by atoms with van der Waals surface area (Å²) in [5.41, 5.74) is 6.84. The van der Waals surface area contributed by atoms with Gasteiger partial charge in [-0.2, -0.15) is 11.8 Å². The predicted octanol–water partition coefficient (Wildman–Crippen LogP) is -0.779. The van der Waals surface area contributed by atoms with Gasteiger partial charge in [-0.3, -0.25) is 38.4 Å². The number of aromatic nitrogens is 1. The Morgan fingerprint density at radius 2 is 1.61 bits per heavy atom. The minimum absolute atomic E-state index is 0.0261. The number of para-hydroxylation sites is 1. The number of unbranched alkanes of at least 4 members (excludes halogenated alkanes) is 1. The number of carbonyl (C=O) groups excluding carboxylic acids is 9. The van der Waals surface area contributed by atoms with Crippen molar-refractivity contribution in [3.63, 3.8) is 0 Å². The Hall–Kier alpha value is -5.98. The number of benzene rings is 1. The third-order valence-electron chi connectivity index (χ3n) is 13.0. The lowest BCUT2D eigenvalue weighted by Crippen LogP contribution is -2.60. The lowest BCUT2D eigenvalue weighted by molar-refractivity contribution is -0.140. The van der Waals surface area contributed by atoms with Crippen molar-refractivity contribution < 1.29 is 57.4 Å². The summed E-state index contributed by atoms with van der Waals surface area (Å²) >= 11 is 1.86. The molecule has 1 aromatic carbocycles. The molecule has 0 spiro atoms. The van der Waals surface area contributed by atoms with Gasteiger partial charge in [-0.15, -0.1) is 0 Å². The van der Waals surface area contributed by atoms with Crippen molar-refractivity contribution >= 4 is 76.0 Å². The summed E-state index contributed by atoms with van der Waals surface area (Å²) in [6.07, 6.45) is 5.91. The predicted molar refractivity (Wildman–Crippen MR) is 267 cm³/mol. The smallest absolute Gasteiger partial charge is 0.315 e. The topological polar surface area (TPSA) is 323 Å². The maximum absolute atomic E-state index is 14.3. The van der Waals surface area contributed by atoms with Crippen LogP contribution in [0.5, 0.6) is 0 Å². The van der Waals surface area contributed by atoms with Crippen LogP contribution in [0.1, 0.15) is 77.2 Å². The number of thioether (sulfide) groups is 1. The van der Waals surface area contributed by atoms with Crippen molar-refractivity contribution in [3.8, 4) is 0 Å². The minimum atomic E-state index is -1.20. The van der Waals surface area contributed by atoms with Crippen LogP contribution in [-0.2, 0) is 59.0 Å². The van der Waals surface area contributed by atoms with Crippen molar-refractivity contribution in [1.82, 2.24) is 52.4 Å². The third kappa shape index (κ3) is 17.7. The lowest BCUT2D eigenvalue weighted by atomic mass is 9.96. The van der Waals surface area contributed by atoms with Gasteiger partial charge in [-0.1, -0.05) is 44.9 Å². The second kappa shape index (κ2) is 29.5. The highest BCUT2D eigenvalue weighted by Gasteiger charge is 2.43. The minimum Gasteiger partial charge on any atom is -0.377 e. The molecule has 3 fully saturated rings. The average molecular weight is 1030 g/mol. The van der Waals surface area contributed by atoms with E-state index in [1.165, 1.54) is 11.9 Å². The molecule has 72 heavy (non-hydrogen) atoms. The molecule has 10 amide bonds. The summed E-state index contributed by atoms with van der Waals surface area (Å²) in [6.45, 7) is 4.74. The fraction of sp³-hybridized carbons (Fsp3) is 0.646. The molecule has 11 N–H and O–H groups in total. The molecular weight excluding hydrogens is 955 g/mol. The Morgan fingerprint density at radius 3 is 2.36 bits per heavy atom. The maximum atomic E-state index is 14.3. The molecule has 0 saturated carbocycles. The molecule has 3 saturated heterocycles. The van der Waals surface area contributed by atoms with Crippen molar-refractivity contribution in [2.75, 3.05) is 72.1 Å². The number of nitrogens with one attached hydrogen (secondary N) is 9. The average Bonchev–Trinajstić information content (AvgIpc) is 4.19. The zero-order valence-electron chi connectivity index (χ0n) is 41.5. The molecule has 0 radical (unpaired) electrons. The molecule has 4 heterocycles. The molecule has 398 valence electrons. The Morgan fingerprint density at radius 1 is 0.861 bits per heavy atom. The number of carbonyl (C=O) groups is 9. The highest BCUT2D eigenvalue weighted by molar-refractivity contribution is 8.00. The Bertz CT molecular complexity index is 2180. The number of ether oxygens (including phenoxy) is 3. The first-order valence-electron chi connectivity index (χ1n) is 24.9. The number of amides is 10. The van der Waals surface area contributed by atoms with Crippen LogP contribution in [0.3, 0.4) is 0 Å². The van der Waals surface area contributed by atoms with Crippen LogP contribution in [0.15, 0.2) is 30.5 Å². The van der Waals surface area contributed by atoms with E-state index in [-0.39, 0.29) is 82.8 Å². The van der Waals surface area contributed by atoms with Crippen molar-refractivity contribution in [3.05, 3.63) is 36.0 Å². The monoisotopic (exact) mass is 1030 g/mol. The fourth-order valence-electron chi connectivity index (χ4n) is 8.84. The highest BCUT2D eigenvalue weighted by atomic mass is 32.2. The lowest BCUT2D eigenvalue weighted by Gasteiger charge is -2.29. The number of nitrogens with zero attached hydrogens (tertiary/aromatic N) is 1. The number of hydrogen-bond donors (Lipinski definition) is 10. The number of aromatic amines is 1. The van der Waals surface area contributed by atoms with Gasteiger partial charge >= 0.3 is 6.03 Å². The first kappa shape index (κ1) is 56.9. The normalized spacial score (nSPS) is 19.8. The SMILES string of the molecule is CCC(C)[C@H](NC(=O)[C@H](Cc1c[nH]c2ccccc12)NC(=O)[C@@H]1CCCN1C(=O)CNC(=O)COCCOCCOCCNC(=O)CCCC[C@@H]1SC[C@@H]2NC(=O)N[C@@H]21)C(=O)N[C@@H](CCC(N)=O)C(=O)NC. The maximum Gasteiger partial charge on any atom is 0.315 e. The van der Waals surface area contributed by atoms with Gasteiger partial charge in [-0.25, -0.2) is 4.79 Å². The number of fused-ring (bicyclic) bond motifs is 2. The van der Waals surface area contributed by atoms with Crippen LogP contribution in [0.25, 0.3) is 10.9 Å². The van der Waals surface area contributed by atoms with E-state index in [1.807, 2.05) is 43.0 Å². The van der Waals surface area contributed by atoms with Gasteiger partial charge < -0.3 is 72.4 Å². The molecule has 3 aliphatic rings. The highest BCUT2D eigenvalue weighted by Crippen LogP contribution is 2.33. The van der Waals surface area contributed by atoms with Crippen LogP contribution in [0.2, 0.25) is 0 Å². The number of primary amides is 1. The number of urea groups is 1. The molecule has 2 aromatic rings. The molecule has 24 heteroatoms. The number of hydrogen-bond acceptors (Lipinski definition) is 13. The summed E-state index contributed by atoms with van der Waals surface area (Å²) in [6, 6.07) is 3.35. The van der Waals surface area contributed by atoms with E-state index in [9.17, 15) is 43.2 Å². The van der Waals surface area contributed by atoms with E-state index in [0.29, 0.717) is 50.7 Å². The molecule has 0 aliphatic carbocycles. The first-order chi connectivity index (χ1) is 34.7. The zero-order valence-corrected chi connectivity index (χ0v) is 42.3. The number of rotatable bonds is 32. The van der Waals surface area contributed by atoms with Crippen molar-refractivity contribution in [2.24, 2.45) is 11.7 Å². The quantitative estimate of drug-likeness (QED) is 0.0318. The summed E-state index contributed by atoms with van der Waals surface area (Å²) in [5.74, 6) is -3.67. The second-order valence-electron chi connectivity index (χ2n) is 18.2. The van der Waals surface area contributed by atoms with Gasteiger partial charge in [0, 0.05) is 67.5 Å². The molecule has 3 aliphatic heterocycles. The van der Waals surface area contributed by atoms with Crippen LogP contribution in [-0.4, -0.2) is 177 Å². The number of H-pyrrole nitrogens is 1. The summed E-state index contributed by atoms with van der Waals surface area (Å²) in [7, 11) is 1.39. The molecule has 1 aromatic heterocycles. The second-order valence-corrected chi connectivity index (χ2v) is 19.5. The van der Waals surface area contributed by atoms with Crippen molar-refractivity contribution in [2.45, 2.75) is 120 Å². The summed E-state index contributed by atoms with van der Waals surface area (Å²) in [5, 5.41) is 23.3. The standard InChI is InChI=1S/C48H73N11O12S/c1-4-29(2)42(47(67)54-33(44(64)50-3)15-16-38(49)60)57-45(65)34(24-30-25-52-32-11-6-5-10-31(30)32)55-46(66)36-12-9-18-59(36)41(63)26-53-40(62)27-71-23-22-70-21-20-69-19-17-51-39(61)14-8-7-13-37-43-35(28-72-37)56-48(68)58-43/h5-6,10-11,25,29,33-37,42-43,52H,4,7-9,12-24,26-28H2,1-3H3,(H2,49,60)(H,50,64)(H,51,61)(H,53,62)(H,54,67)(H,55,66)(H,57,65)(H2,56,58,68)/t29?,33-,34-,35-,36-,37-,42-,43-/m0/s1. The van der Waals surface area contributed by atoms with Gasteiger partial charge in [0.2, 0.25) is 47.3 Å². The molecule has 0 bridgehead atoms. The number of nitrogens with two attached hydrogens (primary N) is 1. The van der Waals surface area contributed by atoms with Crippen LogP contribution in [0.4, 0.5) is 4.79 Å². The van der Waals surface area contributed by atoms with Crippen LogP contribution in [0, 0.1) is 5.92 Å². The van der Waals surface area contributed by atoms with Crippen LogP contribution >= 0.6 is 11.8 Å². The molecular formula is C48H73N11O12S. The molecule has 8 atom stereocenters. The Kier molecular flexibility index (Phi) is 23.3. The molecule has 5 rings (SSSR count). The first-order valence-corrected chi connectivity index (χ1v) is 25.9. The van der Waals surface area contributed by atoms with E-state index in [4.69, 9.17) is 19.9 Å². The number of likely N-dealkylation sites (N-methyl/N-ethyl adjacent to an activating group) is 1. The zero-order chi connectivity index (χ0) is 52.0. The van der Waals surface area contributed by atoms with E-state index in [0.717, 1.165) is 41.5 Å². The van der Waals surface area contributed by atoms with E-state index in [1.54, 1.807) is 13.1 Å². The summed E-state index contributed by atoms with van der Waals surface area (Å²) in [4.78, 5) is 120. The largest absolute Gasteiger partial charge is 0.377 e. The molecule has 1 unspecified atom stereocenters. The van der Waals surface area contributed by atoms with Gasteiger partial charge in [-0.05, 0) is 49.7 Å². The van der Waals surface area contributed by atoms with Crippen molar-refractivity contribution in [1.29, 1.82) is 0 Å². The van der Waals surface area contributed by atoms with Gasteiger partial charge in [0.05, 0.1) is 51.7 Å². The van der Waals surface area contributed by atoms with E-state index in [2.05, 4.69) is 47.5 Å². The summed E-state index contributed by atoms with van der Waals surface area (Å²) < 4.78 is 16.4. The fourth-order valence-corrected chi connectivity index (χ4v) is 10.4. The van der Waals surface area contributed by atoms with Gasteiger partial charge in [0.15, 0.2) is 0 Å².